The number of carboxylic acids is 1. The fraction of sp³-hybridized carbons (Fsp3) is 0.333. The lowest BCUT2D eigenvalue weighted by Crippen LogP contribution is -2.08. The van der Waals surface area contributed by atoms with Crippen LogP contribution in [0.2, 0.25) is 0 Å². The van der Waals surface area contributed by atoms with Crippen molar-refractivity contribution in [3.05, 3.63) is 27.5 Å². The van der Waals surface area contributed by atoms with E-state index in [2.05, 4.69) is 20.9 Å². The highest BCUT2D eigenvalue weighted by Gasteiger charge is 2.19. The molecule has 0 saturated heterocycles. The first-order valence-electron chi connectivity index (χ1n) is 4.07. The third kappa shape index (κ3) is 2.95. The molecule has 1 rings (SSSR count). The van der Waals surface area contributed by atoms with Crippen molar-refractivity contribution in [2.45, 2.75) is 19.8 Å². The van der Waals surface area contributed by atoms with Gasteiger partial charge in [0, 0.05) is 0 Å². The van der Waals surface area contributed by atoms with Crippen LogP contribution in [-0.2, 0) is 11.2 Å². The zero-order valence-electron chi connectivity index (χ0n) is 7.80. The average molecular weight is 280 g/mol. The summed E-state index contributed by atoms with van der Waals surface area (Å²) in [7, 11) is 0. The summed E-state index contributed by atoms with van der Waals surface area (Å²) in [6.45, 7) is 1.58. The fourth-order valence-corrected chi connectivity index (χ4v) is 1.78. The molecule has 3 nitrogen and oxygen atoms in total. The van der Waals surface area contributed by atoms with Crippen LogP contribution in [0.25, 0.3) is 0 Å². The third-order valence-corrected chi connectivity index (χ3v) is 2.29. The zero-order chi connectivity index (χ0) is 11.6. The molecule has 1 aromatic rings. The van der Waals surface area contributed by atoms with E-state index in [1.54, 1.807) is 6.92 Å². The van der Waals surface area contributed by atoms with E-state index in [-0.39, 0.29) is 10.2 Å². The molecule has 0 aliphatic carbocycles. The number of halogens is 3. The molecule has 0 aliphatic heterocycles. The molecule has 0 fully saturated rings. The van der Waals surface area contributed by atoms with Crippen LogP contribution in [0.1, 0.15) is 23.2 Å². The molecular formula is C9H8BrF2NO2. The standard InChI is InChI=1S/C9H8BrF2NO2/c1-4-2-6(10)13-8(9(11)12)5(4)3-7(14)15/h2,9H,3H2,1H3,(H,14,15). The summed E-state index contributed by atoms with van der Waals surface area (Å²) < 4.78 is 25.4. The number of aromatic nitrogens is 1. The van der Waals surface area contributed by atoms with E-state index in [1.165, 1.54) is 6.07 Å². The fourth-order valence-electron chi connectivity index (χ4n) is 1.24. The summed E-state index contributed by atoms with van der Waals surface area (Å²) in [5.41, 5.74) is 0.111. The Balaban J connectivity index is 3.26. The number of pyridine rings is 1. The van der Waals surface area contributed by atoms with Gasteiger partial charge in [-0.3, -0.25) is 4.79 Å². The quantitative estimate of drug-likeness (QED) is 0.866. The first kappa shape index (κ1) is 12.0. The SMILES string of the molecule is Cc1cc(Br)nc(C(F)F)c1CC(=O)O. The van der Waals surface area contributed by atoms with Gasteiger partial charge < -0.3 is 5.11 Å². The maximum Gasteiger partial charge on any atom is 0.307 e. The Morgan fingerprint density at radius 3 is 2.73 bits per heavy atom. The minimum absolute atomic E-state index is 0.0840. The van der Waals surface area contributed by atoms with E-state index >= 15 is 0 Å². The van der Waals surface area contributed by atoms with Gasteiger partial charge in [-0.2, -0.15) is 0 Å². The first-order valence-corrected chi connectivity index (χ1v) is 4.87. The van der Waals surface area contributed by atoms with Crippen molar-refractivity contribution in [2.24, 2.45) is 0 Å². The van der Waals surface area contributed by atoms with Crippen molar-refractivity contribution in [3.63, 3.8) is 0 Å². The van der Waals surface area contributed by atoms with Gasteiger partial charge in [0.2, 0.25) is 0 Å². The predicted molar refractivity (Wildman–Crippen MR) is 53.0 cm³/mol. The number of nitrogens with zero attached hydrogens (tertiary/aromatic N) is 1. The number of hydrogen-bond acceptors (Lipinski definition) is 2. The monoisotopic (exact) mass is 279 g/mol. The van der Waals surface area contributed by atoms with Crippen LogP contribution in [0.3, 0.4) is 0 Å². The van der Waals surface area contributed by atoms with Gasteiger partial charge in [0.15, 0.2) is 0 Å². The molecule has 0 atom stereocenters. The maximum atomic E-state index is 12.6. The summed E-state index contributed by atoms with van der Waals surface area (Å²) in [5.74, 6) is -1.15. The maximum absolute atomic E-state index is 12.6. The van der Waals surface area contributed by atoms with Crippen molar-refractivity contribution in [1.29, 1.82) is 0 Å². The summed E-state index contributed by atoms with van der Waals surface area (Å²) in [4.78, 5) is 14.1. The number of alkyl halides is 2. The minimum atomic E-state index is -2.77. The van der Waals surface area contributed by atoms with Gasteiger partial charge in [0.1, 0.15) is 10.3 Å². The highest BCUT2D eigenvalue weighted by molar-refractivity contribution is 9.10. The molecule has 0 bridgehead atoms. The Hall–Kier alpha value is -1.04. The molecule has 0 unspecified atom stereocenters. The van der Waals surface area contributed by atoms with Crippen molar-refractivity contribution in [3.8, 4) is 0 Å². The van der Waals surface area contributed by atoms with Crippen LogP contribution in [0.5, 0.6) is 0 Å². The van der Waals surface area contributed by atoms with Gasteiger partial charge >= 0.3 is 5.97 Å². The average Bonchev–Trinajstić information content (AvgIpc) is 2.08. The van der Waals surface area contributed by atoms with Gasteiger partial charge in [-0.05, 0) is 40.0 Å². The summed E-state index contributed by atoms with van der Waals surface area (Å²) in [6.07, 6.45) is -3.21. The Morgan fingerprint density at radius 1 is 1.67 bits per heavy atom. The van der Waals surface area contributed by atoms with Crippen molar-refractivity contribution < 1.29 is 18.7 Å². The first-order chi connectivity index (χ1) is 6.91. The normalized spacial score (nSPS) is 10.7. The van der Waals surface area contributed by atoms with Crippen molar-refractivity contribution in [2.75, 3.05) is 0 Å². The lowest BCUT2D eigenvalue weighted by molar-refractivity contribution is -0.136. The van der Waals surface area contributed by atoms with E-state index < -0.39 is 24.5 Å². The van der Waals surface area contributed by atoms with Crippen molar-refractivity contribution in [1.82, 2.24) is 4.98 Å². The van der Waals surface area contributed by atoms with Crippen LogP contribution in [-0.4, -0.2) is 16.1 Å². The van der Waals surface area contributed by atoms with Gasteiger partial charge in [-0.1, -0.05) is 0 Å². The number of carbonyl (C=O) groups is 1. The molecule has 6 heteroatoms. The van der Waals surface area contributed by atoms with Crippen LogP contribution < -0.4 is 0 Å². The summed E-state index contributed by atoms with van der Waals surface area (Å²) in [5, 5.41) is 8.58. The zero-order valence-corrected chi connectivity index (χ0v) is 9.38. The van der Waals surface area contributed by atoms with Crippen molar-refractivity contribution >= 4 is 21.9 Å². The van der Waals surface area contributed by atoms with Gasteiger partial charge in [-0.25, -0.2) is 13.8 Å². The molecule has 0 aliphatic rings. The third-order valence-electron chi connectivity index (χ3n) is 1.88. The summed E-state index contributed by atoms with van der Waals surface area (Å²) in [6, 6.07) is 1.52. The Kier molecular flexibility index (Phi) is 3.73. The highest BCUT2D eigenvalue weighted by Crippen LogP contribution is 2.26. The van der Waals surface area contributed by atoms with Crippen LogP contribution in [0.4, 0.5) is 8.78 Å². The minimum Gasteiger partial charge on any atom is -0.481 e. The smallest absolute Gasteiger partial charge is 0.307 e. The van der Waals surface area contributed by atoms with E-state index in [1.807, 2.05) is 0 Å². The second-order valence-corrected chi connectivity index (χ2v) is 3.81. The molecular weight excluding hydrogens is 272 g/mol. The largest absolute Gasteiger partial charge is 0.481 e. The highest BCUT2D eigenvalue weighted by atomic mass is 79.9. The second kappa shape index (κ2) is 4.65. The lowest BCUT2D eigenvalue weighted by Gasteiger charge is -2.09. The predicted octanol–water partition coefficient (Wildman–Crippen LogP) is 2.72. The van der Waals surface area contributed by atoms with E-state index in [9.17, 15) is 13.6 Å². The molecule has 0 radical (unpaired) electrons. The lowest BCUT2D eigenvalue weighted by atomic mass is 10.0. The van der Waals surface area contributed by atoms with Gasteiger partial charge in [-0.15, -0.1) is 0 Å². The Bertz CT molecular complexity index is 396. The molecule has 1 aromatic heterocycles. The van der Waals surface area contributed by atoms with Crippen LogP contribution in [0.15, 0.2) is 10.7 Å². The molecule has 1 heterocycles. The number of hydrogen-bond donors (Lipinski definition) is 1. The van der Waals surface area contributed by atoms with E-state index in [0.29, 0.717) is 5.56 Å². The topological polar surface area (TPSA) is 50.2 Å². The molecule has 82 valence electrons. The van der Waals surface area contributed by atoms with Gasteiger partial charge in [0.05, 0.1) is 6.42 Å². The molecule has 0 amide bonds. The molecule has 0 spiro atoms. The molecule has 0 saturated carbocycles. The van der Waals surface area contributed by atoms with E-state index in [4.69, 9.17) is 5.11 Å². The number of aryl methyl sites for hydroxylation is 1. The Morgan fingerprint density at radius 2 is 2.27 bits per heavy atom. The van der Waals surface area contributed by atoms with Gasteiger partial charge in [0.25, 0.3) is 6.43 Å². The number of rotatable bonds is 3. The number of carboxylic acid groups (broad SMARTS) is 1. The van der Waals surface area contributed by atoms with Crippen LogP contribution in [0, 0.1) is 6.92 Å². The van der Waals surface area contributed by atoms with Crippen LogP contribution >= 0.6 is 15.9 Å². The second-order valence-electron chi connectivity index (χ2n) is 3.00. The molecule has 1 N–H and O–H groups in total. The molecule has 0 aromatic carbocycles. The van der Waals surface area contributed by atoms with E-state index in [0.717, 1.165) is 0 Å². The summed E-state index contributed by atoms with van der Waals surface area (Å²) >= 11 is 2.99. The molecule has 15 heavy (non-hydrogen) atoms. The number of aliphatic carboxylic acids is 1. The Labute approximate surface area is 93.3 Å².